The fourth-order valence-electron chi connectivity index (χ4n) is 1.50. The Labute approximate surface area is 84.8 Å². The van der Waals surface area contributed by atoms with Crippen LogP contribution in [0.5, 0.6) is 0 Å². The number of hydrogen-bond donors (Lipinski definition) is 1. The Morgan fingerprint density at radius 3 is 3.00 bits per heavy atom. The van der Waals surface area contributed by atoms with Crippen molar-refractivity contribution in [2.24, 2.45) is 5.73 Å². The lowest BCUT2D eigenvalue weighted by Gasteiger charge is -2.07. The van der Waals surface area contributed by atoms with Gasteiger partial charge in [0.1, 0.15) is 5.82 Å². The van der Waals surface area contributed by atoms with E-state index in [4.69, 9.17) is 5.73 Å². The van der Waals surface area contributed by atoms with Crippen molar-refractivity contribution < 1.29 is 0 Å². The van der Waals surface area contributed by atoms with Crippen molar-refractivity contribution in [3.8, 4) is 0 Å². The van der Waals surface area contributed by atoms with E-state index in [1.165, 1.54) is 18.5 Å². The second-order valence-electron chi connectivity index (χ2n) is 4.04. The van der Waals surface area contributed by atoms with Gasteiger partial charge in [0.2, 0.25) is 0 Å². The fraction of sp³-hybridized carbons (Fsp3) is 0.636. The molecule has 1 unspecified atom stereocenters. The minimum absolute atomic E-state index is 0.199. The Balaban J connectivity index is 2.05. The highest BCUT2D eigenvalue weighted by Crippen LogP contribution is 2.38. The van der Waals surface area contributed by atoms with Gasteiger partial charge in [-0.15, -0.1) is 0 Å². The molecule has 1 aliphatic carbocycles. The molecule has 1 aromatic heterocycles. The van der Waals surface area contributed by atoms with Crippen molar-refractivity contribution in [2.45, 2.75) is 44.6 Å². The molecule has 2 N–H and O–H groups in total. The van der Waals surface area contributed by atoms with Crippen molar-refractivity contribution in [2.75, 3.05) is 0 Å². The zero-order chi connectivity index (χ0) is 9.97. The number of nitrogens with two attached hydrogens (primary N) is 1. The summed E-state index contributed by atoms with van der Waals surface area (Å²) in [6, 6.07) is 2.22. The first-order valence-electron chi connectivity index (χ1n) is 5.37. The third-order valence-electron chi connectivity index (χ3n) is 2.69. The van der Waals surface area contributed by atoms with Crippen LogP contribution in [-0.4, -0.2) is 16.0 Å². The van der Waals surface area contributed by atoms with Gasteiger partial charge >= 0.3 is 0 Å². The summed E-state index contributed by atoms with van der Waals surface area (Å²) in [5.41, 5.74) is 7.07. The first-order valence-corrected chi connectivity index (χ1v) is 5.37. The van der Waals surface area contributed by atoms with E-state index in [2.05, 4.69) is 16.9 Å². The van der Waals surface area contributed by atoms with Gasteiger partial charge in [-0.25, -0.2) is 9.97 Å². The molecule has 1 heterocycles. The van der Waals surface area contributed by atoms with Gasteiger partial charge < -0.3 is 5.73 Å². The second-order valence-corrected chi connectivity index (χ2v) is 4.04. The van der Waals surface area contributed by atoms with E-state index >= 15 is 0 Å². The first kappa shape index (κ1) is 9.59. The lowest BCUT2D eigenvalue weighted by Crippen LogP contribution is -2.22. The molecule has 0 amide bonds. The van der Waals surface area contributed by atoms with Gasteiger partial charge in [0.05, 0.1) is 0 Å². The summed E-state index contributed by atoms with van der Waals surface area (Å²) in [5, 5.41) is 0. The van der Waals surface area contributed by atoms with E-state index in [0.29, 0.717) is 5.92 Å². The van der Waals surface area contributed by atoms with Gasteiger partial charge in [-0.3, -0.25) is 0 Å². The van der Waals surface area contributed by atoms with Gasteiger partial charge in [-0.2, -0.15) is 0 Å². The minimum atomic E-state index is 0.199. The Morgan fingerprint density at radius 2 is 2.36 bits per heavy atom. The predicted molar refractivity (Wildman–Crippen MR) is 56.0 cm³/mol. The average molecular weight is 191 g/mol. The lowest BCUT2D eigenvalue weighted by atomic mass is 10.1. The standard InChI is InChI=1S/C11H17N3/c1-2-9(12)7-11-13-6-5-10(14-11)8-3-4-8/h5-6,8-9H,2-4,7,12H2,1H3. The maximum absolute atomic E-state index is 5.87. The molecule has 1 saturated carbocycles. The third-order valence-corrected chi connectivity index (χ3v) is 2.69. The van der Waals surface area contributed by atoms with Crippen LogP contribution in [0.3, 0.4) is 0 Å². The summed E-state index contributed by atoms with van der Waals surface area (Å²) < 4.78 is 0. The van der Waals surface area contributed by atoms with E-state index in [1.807, 2.05) is 12.3 Å². The first-order chi connectivity index (χ1) is 6.79. The van der Waals surface area contributed by atoms with Crippen LogP contribution >= 0.6 is 0 Å². The molecule has 3 nitrogen and oxygen atoms in total. The van der Waals surface area contributed by atoms with Gasteiger partial charge in [0.15, 0.2) is 0 Å². The van der Waals surface area contributed by atoms with Gasteiger partial charge in [-0.1, -0.05) is 6.92 Å². The maximum Gasteiger partial charge on any atom is 0.130 e. The molecule has 2 rings (SSSR count). The second kappa shape index (κ2) is 4.05. The molecule has 0 radical (unpaired) electrons. The van der Waals surface area contributed by atoms with Crippen LogP contribution in [0.1, 0.15) is 43.6 Å². The summed E-state index contributed by atoms with van der Waals surface area (Å²) >= 11 is 0. The van der Waals surface area contributed by atoms with E-state index in [0.717, 1.165) is 18.7 Å². The summed E-state index contributed by atoms with van der Waals surface area (Å²) in [4.78, 5) is 8.78. The molecule has 3 heteroatoms. The van der Waals surface area contributed by atoms with Crippen molar-refractivity contribution >= 4 is 0 Å². The fourth-order valence-corrected chi connectivity index (χ4v) is 1.50. The monoisotopic (exact) mass is 191 g/mol. The number of hydrogen-bond acceptors (Lipinski definition) is 3. The molecule has 0 bridgehead atoms. The Morgan fingerprint density at radius 1 is 1.57 bits per heavy atom. The summed E-state index contributed by atoms with van der Waals surface area (Å²) in [7, 11) is 0. The van der Waals surface area contributed by atoms with E-state index in [9.17, 15) is 0 Å². The van der Waals surface area contributed by atoms with Crippen molar-refractivity contribution in [3.05, 3.63) is 23.8 Å². The highest BCUT2D eigenvalue weighted by atomic mass is 14.9. The quantitative estimate of drug-likeness (QED) is 0.787. The normalized spacial score (nSPS) is 18.1. The lowest BCUT2D eigenvalue weighted by molar-refractivity contribution is 0.621. The molecule has 0 spiro atoms. The van der Waals surface area contributed by atoms with Crippen LogP contribution in [0.2, 0.25) is 0 Å². The molecule has 0 saturated heterocycles. The van der Waals surface area contributed by atoms with E-state index in [1.54, 1.807) is 0 Å². The molecule has 1 aliphatic rings. The van der Waals surface area contributed by atoms with Gasteiger partial charge in [-0.05, 0) is 25.3 Å². The summed E-state index contributed by atoms with van der Waals surface area (Å²) in [5.74, 6) is 1.61. The molecule has 76 valence electrons. The van der Waals surface area contributed by atoms with Gasteiger partial charge in [0.25, 0.3) is 0 Å². The third kappa shape index (κ3) is 2.29. The van der Waals surface area contributed by atoms with Crippen LogP contribution in [0, 0.1) is 0 Å². The summed E-state index contributed by atoms with van der Waals surface area (Å²) in [6.07, 6.45) is 6.22. The van der Waals surface area contributed by atoms with Crippen LogP contribution in [0.15, 0.2) is 12.3 Å². The zero-order valence-corrected chi connectivity index (χ0v) is 8.61. The predicted octanol–water partition coefficient (Wildman–Crippen LogP) is 1.63. The molecule has 0 aromatic carbocycles. The van der Waals surface area contributed by atoms with Crippen LogP contribution in [-0.2, 0) is 6.42 Å². The van der Waals surface area contributed by atoms with Crippen LogP contribution in [0.25, 0.3) is 0 Å². The minimum Gasteiger partial charge on any atom is -0.327 e. The van der Waals surface area contributed by atoms with E-state index in [-0.39, 0.29) is 6.04 Å². The molecule has 1 atom stereocenters. The smallest absolute Gasteiger partial charge is 0.130 e. The average Bonchev–Trinajstić information content (AvgIpc) is 3.01. The highest BCUT2D eigenvalue weighted by Gasteiger charge is 2.25. The number of aromatic nitrogens is 2. The largest absolute Gasteiger partial charge is 0.327 e. The van der Waals surface area contributed by atoms with Crippen LogP contribution in [0.4, 0.5) is 0 Å². The summed E-state index contributed by atoms with van der Waals surface area (Å²) in [6.45, 7) is 2.09. The Bertz CT molecular complexity index is 307. The molecule has 1 aromatic rings. The maximum atomic E-state index is 5.87. The van der Waals surface area contributed by atoms with Crippen LogP contribution < -0.4 is 5.73 Å². The zero-order valence-electron chi connectivity index (χ0n) is 8.61. The van der Waals surface area contributed by atoms with Crippen molar-refractivity contribution in [1.29, 1.82) is 0 Å². The Kier molecular flexibility index (Phi) is 2.77. The molecule has 0 aliphatic heterocycles. The Hall–Kier alpha value is -0.960. The molecular formula is C11H17N3. The van der Waals surface area contributed by atoms with E-state index < -0.39 is 0 Å². The topological polar surface area (TPSA) is 51.8 Å². The highest BCUT2D eigenvalue weighted by molar-refractivity contribution is 5.14. The molecule has 14 heavy (non-hydrogen) atoms. The number of rotatable bonds is 4. The molecule has 1 fully saturated rings. The molecular weight excluding hydrogens is 174 g/mol. The SMILES string of the molecule is CCC(N)Cc1nccc(C2CC2)n1. The van der Waals surface area contributed by atoms with Crippen molar-refractivity contribution in [3.63, 3.8) is 0 Å². The van der Waals surface area contributed by atoms with Crippen molar-refractivity contribution in [1.82, 2.24) is 9.97 Å². The van der Waals surface area contributed by atoms with Gasteiger partial charge in [0, 0.05) is 30.3 Å². The number of nitrogens with zero attached hydrogens (tertiary/aromatic N) is 2.